The van der Waals surface area contributed by atoms with Gasteiger partial charge in [0.1, 0.15) is 5.82 Å². The zero-order valence-corrected chi connectivity index (χ0v) is 12.7. The van der Waals surface area contributed by atoms with Gasteiger partial charge in [-0.2, -0.15) is 0 Å². The molecule has 1 N–H and O–H groups in total. The summed E-state index contributed by atoms with van der Waals surface area (Å²) in [6.45, 7) is 5.69. The lowest BCUT2D eigenvalue weighted by atomic mass is 10.0. The maximum atomic E-state index is 13.2. The predicted octanol–water partition coefficient (Wildman–Crippen LogP) is 1.32. The van der Waals surface area contributed by atoms with Crippen LogP contribution in [0.15, 0.2) is 22.7 Å². The number of halogens is 2. The number of piperazine rings is 1. The van der Waals surface area contributed by atoms with Gasteiger partial charge >= 0.3 is 0 Å². The van der Waals surface area contributed by atoms with E-state index in [0.29, 0.717) is 16.1 Å². The molecule has 0 spiro atoms. The van der Waals surface area contributed by atoms with E-state index in [1.54, 1.807) is 12.1 Å². The molecule has 108 valence electrons. The summed E-state index contributed by atoms with van der Waals surface area (Å²) in [6.07, 6.45) is 0. The van der Waals surface area contributed by atoms with Gasteiger partial charge in [-0.25, -0.2) is 4.39 Å². The van der Waals surface area contributed by atoms with Crippen molar-refractivity contribution in [2.24, 2.45) is 0 Å². The fraction of sp³-hybridized carbons (Fsp3) is 0.500. The molecule has 2 aliphatic heterocycles. The van der Waals surface area contributed by atoms with E-state index in [0.717, 1.165) is 39.3 Å². The van der Waals surface area contributed by atoms with Crippen molar-refractivity contribution < 1.29 is 9.18 Å². The minimum atomic E-state index is -0.344. The lowest BCUT2D eigenvalue weighted by molar-refractivity contribution is 0.0227. The third-order valence-electron chi connectivity index (χ3n) is 3.98. The topological polar surface area (TPSA) is 35.6 Å². The molecule has 0 saturated carbocycles. The Labute approximate surface area is 126 Å². The van der Waals surface area contributed by atoms with E-state index >= 15 is 0 Å². The summed E-state index contributed by atoms with van der Waals surface area (Å²) in [5, 5.41) is 3.33. The van der Waals surface area contributed by atoms with Crippen LogP contribution in [0.3, 0.4) is 0 Å². The van der Waals surface area contributed by atoms with Crippen molar-refractivity contribution in [3.63, 3.8) is 0 Å². The van der Waals surface area contributed by atoms with Gasteiger partial charge in [-0.05, 0) is 34.1 Å². The molecule has 6 heteroatoms. The highest BCUT2D eigenvalue weighted by molar-refractivity contribution is 9.10. The maximum Gasteiger partial charge on any atom is 0.254 e. The van der Waals surface area contributed by atoms with E-state index in [1.165, 1.54) is 6.07 Å². The quantitative estimate of drug-likeness (QED) is 0.881. The average Bonchev–Trinajstić information content (AvgIpc) is 2.41. The Bertz CT molecular complexity index is 513. The van der Waals surface area contributed by atoms with Crippen LogP contribution in [-0.4, -0.2) is 61.0 Å². The Kier molecular flexibility index (Phi) is 4.05. The number of likely N-dealkylation sites (tertiary alicyclic amines) is 1. The van der Waals surface area contributed by atoms with Crippen LogP contribution in [-0.2, 0) is 0 Å². The zero-order chi connectivity index (χ0) is 14.1. The molecule has 20 heavy (non-hydrogen) atoms. The van der Waals surface area contributed by atoms with E-state index < -0.39 is 0 Å². The van der Waals surface area contributed by atoms with Gasteiger partial charge in [0, 0.05) is 50.9 Å². The first-order valence-corrected chi connectivity index (χ1v) is 7.63. The van der Waals surface area contributed by atoms with Crippen LogP contribution in [0.4, 0.5) is 4.39 Å². The van der Waals surface area contributed by atoms with Crippen LogP contribution in [0.2, 0.25) is 0 Å². The predicted molar refractivity (Wildman–Crippen MR) is 78.2 cm³/mol. The molecular formula is C14H17BrFN3O. The van der Waals surface area contributed by atoms with E-state index in [2.05, 4.69) is 26.1 Å². The van der Waals surface area contributed by atoms with E-state index in [1.807, 2.05) is 4.90 Å². The third-order valence-corrected chi connectivity index (χ3v) is 4.59. The molecule has 4 nitrogen and oxygen atoms in total. The van der Waals surface area contributed by atoms with Gasteiger partial charge in [-0.1, -0.05) is 0 Å². The van der Waals surface area contributed by atoms with E-state index in [-0.39, 0.29) is 11.7 Å². The molecule has 0 bridgehead atoms. The van der Waals surface area contributed by atoms with Crippen LogP contribution in [0.5, 0.6) is 0 Å². The second kappa shape index (κ2) is 5.79. The number of amides is 1. The SMILES string of the molecule is O=C(c1ccc(F)c(Br)c1)N1CC(N2CCNCC2)C1. The van der Waals surface area contributed by atoms with Gasteiger partial charge in [0.25, 0.3) is 5.91 Å². The van der Waals surface area contributed by atoms with Crippen LogP contribution in [0, 0.1) is 5.82 Å². The number of nitrogens with zero attached hydrogens (tertiary/aromatic N) is 2. The monoisotopic (exact) mass is 341 g/mol. The fourth-order valence-corrected chi connectivity index (χ4v) is 3.09. The fourth-order valence-electron chi connectivity index (χ4n) is 2.71. The molecule has 0 aliphatic carbocycles. The minimum absolute atomic E-state index is 0.0166. The summed E-state index contributed by atoms with van der Waals surface area (Å²) in [7, 11) is 0. The highest BCUT2D eigenvalue weighted by Gasteiger charge is 2.35. The van der Waals surface area contributed by atoms with Crippen molar-refractivity contribution >= 4 is 21.8 Å². The summed E-state index contributed by atoms with van der Waals surface area (Å²) in [5.74, 6) is -0.360. The van der Waals surface area contributed by atoms with Gasteiger partial charge < -0.3 is 10.2 Å². The van der Waals surface area contributed by atoms with Gasteiger partial charge in [-0.15, -0.1) is 0 Å². The molecule has 1 amide bonds. The molecule has 2 fully saturated rings. The van der Waals surface area contributed by atoms with Crippen molar-refractivity contribution in [1.82, 2.24) is 15.1 Å². The summed E-state index contributed by atoms with van der Waals surface area (Å²) in [6, 6.07) is 4.89. The Morgan fingerprint density at radius 2 is 2.00 bits per heavy atom. The number of carbonyl (C=O) groups is 1. The number of nitrogens with one attached hydrogen (secondary N) is 1. The lowest BCUT2D eigenvalue weighted by Gasteiger charge is -2.46. The maximum absolute atomic E-state index is 13.2. The smallest absolute Gasteiger partial charge is 0.254 e. The molecule has 1 aromatic carbocycles. The van der Waals surface area contributed by atoms with Crippen molar-refractivity contribution in [1.29, 1.82) is 0 Å². The average molecular weight is 342 g/mol. The summed E-state index contributed by atoms with van der Waals surface area (Å²) < 4.78 is 13.5. The molecule has 0 radical (unpaired) electrons. The second-order valence-electron chi connectivity index (χ2n) is 5.28. The van der Waals surface area contributed by atoms with E-state index in [4.69, 9.17) is 0 Å². The summed E-state index contributed by atoms with van der Waals surface area (Å²) in [4.78, 5) is 16.5. The van der Waals surface area contributed by atoms with Crippen molar-refractivity contribution in [3.05, 3.63) is 34.1 Å². The van der Waals surface area contributed by atoms with Crippen molar-refractivity contribution in [3.8, 4) is 0 Å². The Morgan fingerprint density at radius 3 is 2.65 bits per heavy atom. The first-order chi connectivity index (χ1) is 9.65. The number of hydrogen-bond donors (Lipinski definition) is 1. The normalized spacial score (nSPS) is 20.8. The van der Waals surface area contributed by atoms with Gasteiger partial charge in [0.2, 0.25) is 0 Å². The molecule has 0 atom stereocenters. The Hall–Kier alpha value is -0.980. The van der Waals surface area contributed by atoms with Gasteiger partial charge in [0.15, 0.2) is 0 Å². The first-order valence-electron chi connectivity index (χ1n) is 6.84. The highest BCUT2D eigenvalue weighted by atomic mass is 79.9. The third kappa shape index (κ3) is 2.73. The van der Waals surface area contributed by atoms with Gasteiger partial charge in [-0.3, -0.25) is 9.69 Å². The second-order valence-corrected chi connectivity index (χ2v) is 6.13. The molecule has 2 aliphatic rings. The minimum Gasteiger partial charge on any atom is -0.335 e. The molecule has 0 aromatic heterocycles. The Morgan fingerprint density at radius 1 is 1.30 bits per heavy atom. The molecule has 1 aromatic rings. The summed E-state index contributed by atoms with van der Waals surface area (Å²) in [5.41, 5.74) is 0.539. The first kappa shape index (κ1) is 14.0. The van der Waals surface area contributed by atoms with Crippen LogP contribution in [0.25, 0.3) is 0 Å². The standard InChI is InChI=1S/C14H17BrFN3O/c15-12-7-10(1-2-13(12)16)14(20)19-8-11(9-19)18-5-3-17-4-6-18/h1-2,7,11,17H,3-6,8-9H2. The number of rotatable bonds is 2. The lowest BCUT2D eigenvalue weighted by Crippen LogP contribution is -2.63. The van der Waals surface area contributed by atoms with Crippen LogP contribution < -0.4 is 5.32 Å². The number of carbonyl (C=O) groups excluding carboxylic acids is 1. The number of benzene rings is 1. The Balaban J connectivity index is 1.58. The van der Waals surface area contributed by atoms with Crippen molar-refractivity contribution in [2.45, 2.75) is 6.04 Å². The van der Waals surface area contributed by atoms with Crippen LogP contribution in [0.1, 0.15) is 10.4 Å². The molecular weight excluding hydrogens is 325 g/mol. The van der Waals surface area contributed by atoms with Gasteiger partial charge in [0.05, 0.1) is 4.47 Å². The number of hydrogen-bond acceptors (Lipinski definition) is 3. The molecule has 0 unspecified atom stereocenters. The largest absolute Gasteiger partial charge is 0.335 e. The molecule has 2 saturated heterocycles. The molecule has 3 rings (SSSR count). The van der Waals surface area contributed by atoms with E-state index in [9.17, 15) is 9.18 Å². The summed E-state index contributed by atoms with van der Waals surface area (Å²) >= 11 is 3.12. The van der Waals surface area contributed by atoms with Crippen molar-refractivity contribution in [2.75, 3.05) is 39.3 Å². The molecule has 2 heterocycles. The van der Waals surface area contributed by atoms with Crippen LogP contribution >= 0.6 is 15.9 Å². The zero-order valence-electron chi connectivity index (χ0n) is 11.1. The highest BCUT2D eigenvalue weighted by Crippen LogP contribution is 2.22.